The molecule has 0 N–H and O–H groups in total. The fraction of sp³-hybridized carbons (Fsp3) is 0.0769. The zero-order valence-electron chi connectivity index (χ0n) is 16.0. The number of benzene rings is 3. The molecular formula is C26H21NO. The van der Waals surface area contributed by atoms with Gasteiger partial charge in [0.2, 0.25) is 0 Å². The van der Waals surface area contributed by atoms with Crippen LogP contribution in [-0.4, -0.2) is 11.3 Å². The van der Waals surface area contributed by atoms with Gasteiger partial charge in [0.15, 0.2) is 6.29 Å². The second kappa shape index (κ2) is 7.61. The van der Waals surface area contributed by atoms with Crippen molar-refractivity contribution in [3.05, 3.63) is 101 Å². The van der Waals surface area contributed by atoms with Crippen molar-refractivity contribution in [2.24, 2.45) is 0 Å². The van der Waals surface area contributed by atoms with Crippen LogP contribution in [0.5, 0.6) is 0 Å². The van der Waals surface area contributed by atoms with Crippen LogP contribution in [-0.2, 0) is 4.79 Å². The average Bonchev–Trinajstić information content (AvgIpc) is 2.73. The van der Waals surface area contributed by atoms with Crippen molar-refractivity contribution in [1.29, 1.82) is 0 Å². The van der Waals surface area contributed by atoms with Crippen LogP contribution >= 0.6 is 0 Å². The molecule has 1 aromatic heterocycles. The van der Waals surface area contributed by atoms with Crippen LogP contribution in [0, 0.1) is 13.8 Å². The van der Waals surface area contributed by atoms with Crippen molar-refractivity contribution < 1.29 is 4.79 Å². The first-order valence-corrected chi connectivity index (χ1v) is 9.34. The molecule has 0 saturated heterocycles. The maximum Gasteiger partial charge on any atom is 0.150 e. The number of fused-ring (bicyclic) bond motifs is 1. The third-order valence-corrected chi connectivity index (χ3v) is 4.95. The fourth-order valence-electron chi connectivity index (χ4n) is 3.41. The van der Waals surface area contributed by atoms with Gasteiger partial charge in [-0.15, -0.1) is 0 Å². The van der Waals surface area contributed by atoms with Crippen LogP contribution in [0.2, 0.25) is 0 Å². The van der Waals surface area contributed by atoms with Crippen molar-refractivity contribution in [1.82, 2.24) is 4.98 Å². The van der Waals surface area contributed by atoms with Crippen LogP contribution in [0.15, 0.2) is 79.0 Å². The Kier molecular flexibility index (Phi) is 4.86. The van der Waals surface area contributed by atoms with Crippen LogP contribution in [0.4, 0.5) is 0 Å². The van der Waals surface area contributed by atoms with Gasteiger partial charge in [0.1, 0.15) is 0 Å². The normalized spacial score (nSPS) is 11.6. The van der Waals surface area contributed by atoms with E-state index in [0.29, 0.717) is 5.57 Å². The molecule has 0 aliphatic carbocycles. The summed E-state index contributed by atoms with van der Waals surface area (Å²) in [6, 6.07) is 24.6. The predicted molar refractivity (Wildman–Crippen MR) is 117 cm³/mol. The Hall–Kier alpha value is -3.52. The molecule has 2 nitrogen and oxygen atoms in total. The van der Waals surface area contributed by atoms with Crippen molar-refractivity contribution in [3.8, 4) is 11.1 Å². The molecule has 0 amide bonds. The Balaban J connectivity index is 1.97. The molecule has 0 aliphatic rings. The van der Waals surface area contributed by atoms with Gasteiger partial charge in [0, 0.05) is 28.3 Å². The molecule has 0 fully saturated rings. The van der Waals surface area contributed by atoms with Gasteiger partial charge in [-0.2, -0.15) is 0 Å². The number of aryl methyl sites for hydroxylation is 2. The van der Waals surface area contributed by atoms with Gasteiger partial charge in [-0.05, 0) is 37.1 Å². The van der Waals surface area contributed by atoms with Crippen molar-refractivity contribution in [2.75, 3.05) is 0 Å². The van der Waals surface area contributed by atoms with Gasteiger partial charge in [0.25, 0.3) is 0 Å². The van der Waals surface area contributed by atoms with E-state index in [1.165, 1.54) is 11.1 Å². The molecule has 0 aliphatic heterocycles. The summed E-state index contributed by atoms with van der Waals surface area (Å²) in [5.41, 5.74) is 7.90. The minimum absolute atomic E-state index is 0.623. The van der Waals surface area contributed by atoms with E-state index in [0.717, 1.165) is 39.4 Å². The third-order valence-electron chi connectivity index (χ3n) is 4.95. The van der Waals surface area contributed by atoms with Gasteiger partial charge in [-0.1, -0.05) is 77.9 Å². The van der Waals surface area contributed by atoms with Gasteiger partial charge < -0.3 is 0 Å². The summed E-state index contributed by atoms with van der Waals surface area (Å²) >= 11 is 0. The van der Waals surface area contributed by atoms with Crippen molar-refractivity contribution in [2.45, 2.75) is 13.8 Å². The van der Waals surface area contributed by atoms with Crippen LogP contribution in [0.1, 0.15) is 22.3 Å². The lowest BCUT2D eigenvalue weighted by Crippen LogP contribution is -1.95. The van der Waals surface area contributed by atoms with E-state index in [1.807, 2.05) is 54.7 Å². The van der Waals surface area contributed by atoms with E-state index in [4.69, 9.17) is 0 Å². The number of aromatic nitrogens is 1. The quantitative estimate of drug-likeness (QED) is 0.316. The van der Waals surface area contributed by atoms with Crippen LogP contribution < -0.4 is 0 Å². The standard InChI is InChI=1S/C26H21NO/c1-18-7-11-20(12-8-18)15-22(17-28)24-16-27-25-6-4-3-5-23(25)26(24)21-13-9-19(2)10-14-21/h3-17H,1-2H3/b22-15-. The number of allylic oxidation sites excluding steroid dienone is 1. The zero-order valence-corrected chi connectivity index (χ0v) is 16.0. The number of hydrogen-bond acceptors (Lipinski definition) is 2. The second-order valence-electron chi connectivity index (χ2n) is 7.06. The van der Waals surface area contributed by atoms with Crippen molar-refractivity contribution in [3.63, 3.8) is 0 Å². The van der Waals surface area contributed by atoms with Gasteiger partial charge in [0.05, 0.1) is 5.52 Å². The summed E-state index contributed by atoms with van der Waals surface area (Å²) in [6.45, 7) is 4.13. The zero-order chi connectivity index (χ0) is 19.5. The molecule has 0 bridgehead atoms. The van der Waals surface area contributed by atoms with Gasteiger partial charge in [-0.25, -0.2) is 0 Å². The van der Waals surface area contributed by atoms with E-state index < -0.39 is 0 Å². The summed E-state index contributed by atoms with van der Waals surface area (Å²) in [6.07, 6.45) is 4.66. The Morgan fingerprint density at radius 2 is 1.46 bits per heavy atom. The molecule has 4 aromatic rings. The molecule has 0 saturated carbocycles. The molecular weight excluding hydrogens is 342 g/mol. The van der Waals surface area contributed by atoms with E-state index >= 15 is 0 Å². The van der Waals surface area contributed by atoms with E-state index in [2.05, 4.69) is 49.2 Å². The first kappa shape index (κ1) is 17.9. The lowest BCUT2D eigenvalue weighted by Gasteiger charge is -2.13. The third kappa shape index (κ3) is 3.49. The lowest BCUT2D eigenvalue weighted by molar-refractivity contribution is -0.103. The van der Waals surface area contributed by atoms with Crippen LogP contribution in [0.3, 0.4) is 0 Å². The van der Waals surface area contributed by atoms with E-state index in [1.54, 1.807) is 0 Å². The summed E-state index contributed by atoms with van der Waals surface area (Å²) in [5.74, 6) is 0. The highest BCUT2D eigenvalue weighted by atomic mass is 16.1. The number of rotatable bonds is 4. The Morgan fingerprint density at radius 1 is 0.821 bits per heavy atom. The van der Waals surface area contributed by atoms with E-state index in [-0.39, 0.29) is 0 Å². The first-order chi connectivity index (χ1) is 13.7. The minimum atomic E-state index is 0.623. The number of hydrogen-bond donors (Lipinski definition) is 0. The second-order valence-corrected chi connectivity index (χ2v) is 7.06. The molecule has 0 radical (unpaired) electrons. The molecule has 136 valence electrons. The monoisotopic (exact) mass is 363 g/mol. The highest BCUT2D eigenvalue weighted by Crippen LogP contribution is 2.35. The van der Waals surface area contributed by atoms with Gasteiger partial charge in [-0.3, -0.25) is 9.78 Å². The van der Waals surface area contributed by atoms with Gasteiger partial charge >= 0.3 is 0 Å². The molecule has 1 heterocycles. The molecule has 28 heavy (non-hydrogen) atoms. The number of para-hydroxylation sites is 1. The Morgan fingerprint density at radius 3 is 2.14 bits per heavy atom. The molecule has 2 heteroatoms. The molecule has 4 rings (SSSR count). The Labute approximate surface area is 165 Å². The maximum atomic E-state index is 12.1. The van der Waals surface area contributed by atoms with E-state index in [9.17, 15) is 4.79 Å². The number of nitrogens with zero attached hydrogens (tertiary/aromatic N) is 1. The van der Waals surface area contributed by atoms with Crippen molar-refractivity contribution >= 4 is 28.8 Å². The largest absolute Gasteiger partial charge is 0.298 e. The predicted octanol–water partition coefficient (Wildman–Crippen LogP) is 6.26. The molecule has 3 aromatic carbocycles. The molecule has 0 atom stereocenters. The summed E-state index contributed by atoms with van der Waals surface area (Å²) in [4.78, 5) is 16.7. The van der Waals surface area contributed by atoms with Crippen LogP contribution in [0.25, 0.3) is 33.7 Å². The highest BCUT2D eigenvalue weighted by Gasteiger charge is 2.14. The SMILES string of the molecule is Cc1ccc(/C=C(/C=O)c2cnc3ccccc3c2-c2ccc(C)cc2)cc1. The number of carbonyl (C=O) groups is 1. The summed E-state index contributed by atoms with van der Waals surface area (Å²) in [5, 5.41) is 1.04. The molecule has 0 unspecified atom stereocenters. The fourth-order valence-corrected chi connectivity index (χ4v) is 3.41. The summed E-state index contributed by atoms with van der Waals surface area (Å²) < 4.78 is 0. The maximum absolute atomic E-state index is 12.1. The highest BCUT2D eigenvalue weighted by molar-refractivity contribution is 6.17. The lowest BCUT2D eigenvalue weighted by atomic mass is 9.91. The number of aldehydes is 1. The topological polar surface area (TPSA) is 30.0 Å². The summed E-state index contributed by atoms with van der Waals surface area (Å²) in [7, 11) is 0. The molecule has 0 spiro atoms. The Bertz CT molecular complexity index is 1170. The number of pyridine rings is 1. The number of carbonyl (C=O) groups excluding carboxylic acids is 1. The average molecular weight is 363 g/mol. The first-order valence-electron chi connectivity index (χ1n) is 9.34. The smallest absolute Gasteiger partial charge is 0.150 e. The minimum Gasteiger partial charge on any atom is -0.298 e.